The van der Waals surface area contributed by atoms with Gasteiger partial charge in [0.05, 0.1) is 6.10 Å². The van der Waals surface area contributed by atoms with Gasteiger partial charge in [0.1, 0.15) is 0 Å². The Kier molecular flexibility index (Phi) is 3.01. The van der Waals surface area contributed by atoms with E-state index in [1.807, 2.05) is 7.11 Å². The first-order valence-electron chi connectivity index (χ1n) is 6.16. The van der Waals surface area contributed by atoms with Gasteiger partial charge in [0.25, 0.3) is 0 Å². The average Bonchev–Trinajstić information content (AvgIpc) is 2.87. The van der Waals surface area contributed by atoms with Crippen molar-refractivity contribution in [2.24, 2.45) is 0 Å². The van der Waals surface area contributed by atoms with Crippen LogP contribution in [0.3, 0.4) is 0 Å². The number of rotatable bonds is 3. The maximum atomic E-state index is 5.53. The molecule has 0 radical (unpaired) electrons. The van der Waals surface area contributed by atoms with Crippen molar-refractivity contribution in [2.75, 3.05) is 7.11 Å². The Bertz CT molecular complexity index is 324. The Morgan fingerprint density at radius 3 is 2.69 bits per heavy atom. The summed E-state index contributed by atoms with van der Waals surface area (Å²) in [4.78, 5) is 2.71. The maximum absolute atomic E-state index is 5.53. The van der Waals surface area contributed by atoms with Crippen LogP contribution in [0.25, 0.3) is 0 Å². The average molecular weight is 237 g/mol. The number of fused-ring (bicyclic) bond motifs is 2. The number of nitrogens with zero attached hydrogens (tertiary/aromatic N) is 1. The van der Waals surface area contributed by atoms with E-state index < -0.39 is 0 Å². The van der Waals surface area contributed by atoms with E-state index in [0.717, 1.165) is 18.6 Å². The summed E-state index contributed by atoms with van der Waals surface area (Å²) in [6.07, 6.45) is 5.72. The first-order valence-corrected chi connectivity index (χ1v) is 7.10. The minimum atomic E-state index is 0.510. The van der Waals surface area contributed by atoms with Gasteiger partial charge in [0.15, 0.2) is 0 Å². The number of ether oxygens (including phenoxy) is 1. The summed E-state index contributed by atoms with van der Waals surface area (Å²) >= 11 is 1.80. The first-order chi connectivity index (χ1) is 7.86. The molecular weight excluding hydrogens is 218 g/mol. The van der Waals surface area contributed by atoms with E-state index >= 15 is 0 Å². The second-order valence-corrected chi connectivity index (χ2v) is 5.80. The van der Waals surface area contributed by atoms with Gasteiger partial charge in [-0.3, -0.25) is 4.90 Å². The van der Waals surface area contributed by atoms with E-state index in [2.05, 4.69) is 21.7 Å². The number of thiophene rings is 1. The fourth-order valence-electron chi connectivity index (χ4n) is 3.27. The van der Waals surface area contributed by atoms with Gasteiger partial charge in [0.2, 0.25) is 0 Å². The molecule has 2 aliphatic rings. The second-order valence-electron chi connectivity index (χ2n) is 5.02. The monoisotopic (exact) mass is 237 g/mol. The molecular formula is C13H19NOS. The van der Waals surface area contributed by atoms with Crippen molar-refractivity contribution in [3.8, 4) is 0 Å². The SMILES string of the molecule is COC1CC2CCC(C1)N2Cc1ccsc1. The van der Waals surface area contributed by atoms with Crippen molar-refractivity contribution < 1.29 is 4.74 Å². The highest BCUT2D eigenvalue weighted by molar-refractivity contribution is 7.07. The van der Waals surface area contributed by atoms with Crippen LogP contribution in [0.1, 0.15) is 31.2 Å². The molecule has 0 amide bonds. The number of hydrogen-bond donors (Lipinski definition) is 0. The van der Waals surface area contributed by atoms with E-state index in [1.54, 1.807) is 11.3 Å². The van der Waals surface area contributed by atoms with Crippen LogP contribution in [0.15, 0.2) is 16.8 Å². The number of hydrogen-bond acceptors (Lipinski definition) is 3. The van der Waals surface area contributed by atoms with Gasteiger partial charge < -0.3 is 4.74 Å². The fourth-order valence-corrected chi connectivity index (χ4v) is 3.93. The van der Waals surface area contributed by atoms with Gasteiger partial charge in [0, 0.05) is 25.7 Å². The standard InChI is InChI=1S/C13H19NOS/c1-15-13-6-11-2-3-12(7-13)14(11)8-10-4-5-16-9-10/h4-5,9,11-13H,2-3,6-8H2,1H3. The van der Waals surface area contributed by atoms with Crippen LogP contribution in [-0.2, 0) is 11.3 Å². The van der Waals surface area contributed by atoms with Crippen LogP contribution in [-0.4, -0.2) is 30.2 Å². The highest BCUT2D eigenvalue weighted by Crippen LogP contribution is 2.37. The van der Waals surface area contributed by atoms with Crippen molar-refractivity contribution in [3.63, 3.8) is 0 Å². The van der Waals surface area contributed by atoms with Crippen LogP contribution in [0, 0.1) is 0 Å². The molecule has 3 heterocycles. The molecule has 3 rings (SSSR count). The van der Waals surface area contributed by atoms with Crippen LogP contribution in [0.5, 0.6) is 0 Å². The molecule has 0 spiro atoms. The van der Waals surface area contributed by atoms with Gasteiger partial charge in [-0.15, -0.1) is 0 Å². The van der Waals surface area contributed by atoms with Crippen LogP contribution in [0.4, 0.5) is 0 Å². The molecule has 88 valence electrons. The van der Waals surface area contributed by atoms with E-state index in [-0.39, 0.29) is 0 Å². The summed E-state index contributed by atoms with van der Waals surface area (Å²) in [7, 11) is 1.86. The van der Waals surface area contributed by atoms with E-state index in [9.17, 15) is 0 Å². The van der Waals surface area contributed by atoms with Gasteiger partial charge in [-0.25, -0.2) is 0 Å². The second kappa shape index (κ2) is 4.47. The van der Waals surface area contributed by atoms with Crippen molar-refractivity contribution in [1.82, 2.24) is 4.90 Å². The summed E-state index contributed by atoms with van der Waals surface area (Å²) in [5, 5.41) is 4.46. The smallest absolute Gasteiger partial charge is 0.0601 e. The summed E-state index contributed by atoms with van der Waals surface area (Å²) in [6.45, 7) is 1.15. The Labute approximate surface area is 101 Å². The highest BCUT2D eigenvalue weighted by atomic mass is 32.1. The van der Waals surface area contributed by atoms with Crippen LogP contribution < -0.4 is 0 Å². The molecule has 0 aliphatic carbocycles. The summed E-state index contributed by atoms with van der Waals surface area (Å²) in [5.74, 6) is 0. The van der Waals surface area contributed by atoms with Crippen molar-refractivity contribution in [1.29, 1.82) is 0 Å². The fraction of sp³-hybridized carbons (Fsp3) is 0.692. The molecule has 1 aromatic heterocycles. The van der Waals surface area contributed by atoms with Crippen LogP contribution in [0.2, 0.25) is 0 Å². The quantitative estimate of drug-likeness (QED) is 0.801. The molecule has 0 saturated carbocycles. The zero-order valence-electron chi connectivity index (χ0n) is 9.76. The molecule has 1 aromatic rings. The minimum absolute atomic E-state index is 0.510. The lowest BCUT2D eigenvalue weighted by Crippen LogP contribution is -2.44. The minimum Gasteiger partial charge on any atom is -0.381 e. The van der Waals surface area contributed by atoms with Crippen molar-refractivity contribution in [3.05, 3.63) is 22.4 Å². The van der Waals surface area contributed by atoms with E-state index in [1.165, 1.54) is 31.2 Å². The number of methoxy groups -OCH3 is 1. The zero-order chi connectivity index (χ0) is 11.0. The summed E-state index contributed by atoms with van der Waals surface area (Å²) in [6, 6.07) is 3.79. The lowest BCUT2D eigenvalue weighted by molar-refractivity contribution is 0.00256. The van der Waals surface area contributed by atoms with Crippen molar-refractivity contribution >= 4 is 11.3 Å². The third-order valence-corrected chi connectivity index (χ3v) is 4.85. The lowest BCUT2D eigenvalue weighted by atomic mass is 9.99. The molecule has 0 N–H and O–H groups in total. The molecule has 2 atom stereocenters. The lowest BCUT2D eigenvalue weighted by Gasteiger charge is -2.38. The number of piperidine rings is 1. The predicted octanol–water partition coefficient (Wildman–Crippen LogP) is 2.89. The molecule has 2 nitrogen and oxygen atoms in total. The molecule has 2 bridgehead atoms. The summed E-state index contributed by atoms with van der Waals surface area (Å²) in [5.41, 5.74) is 1.48. The largest absolute Gasteiger partial charge is 0.381 e. The van der Waals surface area contributed by atoms with Crippen LogP contribution >= 0.6 is 11.3 Å². The third-order valence-electron chi connectivity index (χ3n) is 4.12. The van der Waals surface area contributed by atoms with Gasteiger partial charge in [-0.2, -0.15) is 11.3 Å². The Hall–Kier alpha value is -0.380. The third kappa shape index (κ3) is 1.92. The van der Waals surface area contributed by atoms with Gasteiger partial charge in [-0.05, 0) is 48.1 Å². The predicted molar refractivity (Wildman–Crippen MR) is 66.7 cm³/mol. The first kappa shape index (κ1) is 10.8. The topological polar surface area (TPSA) is 12.5 Å². The molecule has 0 aromatic carbocycles. The van der Waals surface area contributed by atoms with E-state index in [4.69, 9.17) is 4.74 Å². The molecule has 2 fully saturated rings. The van der Waals surface area contributed by atoms with Gasteiger partial charge in [-0.1, -0.05) is 0 Å². The normalized spacial score (nSPS) is 34.4. The summed E-state index contributed by atoms with van der Waals surface area (Å²) < 4.78 is 5.53. The molecule has 3 heteroatoms. The molecule has 2 unspecified atom stereocenters. The van der Waals surface area contributed by atoms with E-state index in [0.29, 0.717) is 6.10 Å². The highest BCUT2D eigenvalue weighted by Gasteiger charge is 2.40. The molecule has 16 heavy (non-hydrogen) atoms. The zero-order valence-corrected chi connectivity index (χ0v) is 10.6. The van der Waals surface area contributed by atoms with Gasteiger partial charge >= 0.3 is 0 Å². The Morgan fingerprint density at radius 2 is 2.12 bits per heavy atom. The Morgan fingerprint density at radius 1 is 1.38 bits per heavy atom. The molecule has 2 aliphatic heterocycles. The van der Waals surface area contributed by atoms with Crippen molar-refractivity contribution in [2.45, 2.75) is 50.4 Å². The molecule has 2 saturated heterocycles. The Balaban J connectivity index is 1.69. The maximum Gasteiger partial charge on any atom is 0.0601 e.